The normalized spacial score (nSPS) is 12.1. The van der Waals surface area contributed by atoms with Crippen molar-refractivity contribution in [3.8, 4) is 0 Å². The molecule has 4 heteroatoms. The molecular weight excluding hydrogens is 180 g/mol. The Morgan fingerprint density at radius 3 is 3.00 bits per heavy atom. The quantitative estimate of drug-likeness (QED) is 0.716. The van der Waals surface area contributed by atoms with Crippen LogP contribution in [-0.2, 0) is 9.53 Å². The fraction of sp³-hybridized carbons (Fsp3) is 0.400. The van der Waals surface area contributed by atoms with E-state index in [0.29, 0.717) is 6.61 Å². The number of carbonyl (C=O) groups excluding carboxylic acids is 1. The summed E-state index contributed by atoms with van der Waals surface area (Å²) in [6.07, 6.45) is 3.29. The van der Waals surface area contributed by atoms with E-state index in [4.69, 9.17) is 10.5 Å². The molecule has 0 fully saturated rings. The number of nitrogens with two attached hydrogens (primary N) is 1. The number of esters is 1. The molecule has 0 bridgehead atoms. The molecule has 1 aromatic heterocycles. The summed E-state index contributed by atoms with van der Waals surface area (Å²) in [6, 6.07) is 3.60. The fourth-order valence-electron chi connectivity index (χ4n) is 1.19. The second-order valence-corrected chi connectivity index (χ2v) is 2.83. The lowest BCUT2D eigenvalue weighted by Gasteiger charge is -2.12. The summed E-state index contributed by atoms with van der Waals surface area (Å²) < 4.78 is 4.90. The number of nitrogens with zero attached hydrogens (tertiary/aromatic N) is 1. The molecule has 1 rings (SSSR count). The molecule has 14 heavy (non-hydrogen) atoms. The van der Waals surface area contributed by atoms with Crippen LogP contribution in [0.2, 0.25) is 0 Å². The molecule has 1 atom stereocenters. The number of rotatable bonds is 4. The number of aromatic nitrogens is 1. The van der Waals surface area contributed by atoms with E-state index in [0.717, 1.165) is 5.56 Å². The van der Waals surface area contributed by atoms with Gasteiger partial charge >= 0.3 is 5.97 Å². The van der Waals surface area contributed by atoms with Crippen LogP contribution in [0.1, 0.15) is 18.4 Å². The summed E-state index contributed by atoms with van der Waals surface area (Å²) in [5, 5.41) is 0. The van der Waals surface area contributed by atoms with Crippen molar-refractivity contribution in [3.05, 3.63) is 30.1 Å². The number of hydrogen-bond acceptors (Lipinski definition) is 4. The zero-order valence-electron chi connectivity index (χ0n) is 8.14. The molecule has 0 saturated heterocycles. The van der Waals surface area contributed by atoms with Crippen molar-refractivity contribution in [1.29, 1.82) is 0 Å². The van der Waals surface area contributed by atoms with E-state index in [2.05, 4.69) is 4.98 Å². The third-order valence-electron chi connectivity index (χ3n) is 1.89. The second-order valence-electron chi connectivity index (χ2n) is 2.83. The lowest BCUT2D eigenvalue weighted by atomic mass is 10.0. The molecule has 0 aliphatic heterocycles. The Morgan fingerprint density at radius 1 is 1.71 bits per heavy atom. The summed E-state index contributed by atoms with van der Waals surface area (Å²) in [4.78, 5) is 15.4. The maximum atomic E-state index is 11.4. The van der Waals surface area contributed by atoms with E-state index < -0.39 is 5.92 Å². The molecule has 0 spiro atoms. The van der Waals surface area contributed by atoms with Gasteiger partial charge in [-0.3, -0.25) is 9.78 Å². The highest BCUT2D eigenvalue weighted by Crippen LogP contribution is 2.14. The average Bonchev–Trinajstić information content (AvgIpc) is 2.21. The average molecular weight is 194 g/mol. The Morgan fingerprint density at radius 2 is 2.50 bits per heavy atom. The third-order valence-corrected chi connectivity index (χ3v) is 1.89. The van der Waals surface area contributed by atoms with Crippen molar-refractivity contribution in [2.75, 3.05) is 13.2 Å². The monoisotopic (exact) mass is 194 g/mol. The second kappa shape index (κ2) is 5.34. The van der Waals surface area contributed by atoms with E-state index >= 15 is 0 Å². The first-order valence-electron chi connectivity index (χ1n) is 4.56. The van der Waals surface area contributed by atoms with Crippen molar-refractivity contribution in [3.63, 3.8) is 0 Å². The minimum absolute atomic E-state index is 0.241. The van der Waals surface area contributed by atoms with Crippen molar-refractivity contribution >= 4 is 5.97 Å². The smallest absolute Gasteiger partial charge is 0.314 e. The van der Waals surface area contributed by atoms with Gasteiger partial charge in [0.25, 0.3) is 0 Å². The Hall–Kier alpha value is -1.42. The van der Waals surface area contributed by atoms with Gasteiger partial charge in [0, 0.05) is 18.9 Å². The number of pyridine rings is 1. The summed E-state index contributed by atoms with van der Waals surface area (Å²) in [7, 11) is 0. The highest BCUT2D eigenvalue weighted by Gasteiger charge is 2.19. The maximum absolute atomic E-state index is 11.4. The van der Waals surface area contributed by atoms with Crippen LogP contribution in [0.3, 0.4) is 0 Å². The van der Waals surface area contributed by atoms with E-state index in [1.807, 2.05) is 6.07 Å². The lowest BCUT2D eigenvalue weighted by molar-refractivity contribution is -0.144. The lowest BCUT2D eigenvalue weighted by Crippen LogP contribution is -2.23. The van der Waals surface area contributed by atoms with Crippen molar-refractivity contribution < 1.29 is 9.53 Å². The fourth-order valence-corrected chi connectivity index (χ4v) is 1.19. The van der Waals surface area contributed by atoms with Gasteiger partial charge in [0.1, 0.15) is 0 Å². The van der Waals surface area contributed by atoms with Gasteiger partial charge in [-0.05, 0) is 18.6 Å². The van der Waals surface area contributed by atoms with Crippen molar-refractivity contribution in [1.82, 2.24) is 4.98 Å². The first kappa shape index (κ1) is 10.7. The predicted molar refractivity (Wildman–Crippen MR) is 52.7 cm³/mol. The largest absolute Gasteiger partial charge is 0.465 e. The molecule has 0 saturated carbocycles. The zero-order valence-corrected chi connectivity index (χ0v) is 8.14. The number of ether oxygens (including phenoxy) is 1. The van der Waals surface area contributed by atoms with Gasteiger partial charge in [-0.15, -0.1) is 0 Å². The van der Waals surface area contributed by atoms with Gasteiger partial charge in [0.2, 0.25) is 0 Å². The molecule has 0 radical (unpaired) electrons. The first-order valence-corrected chi connectivity index (χ1v) is 4.56. The van der Waals surface area contributed by atoms with Crippen LogP contribution >= 0.6 is 0 Å². The predicted octanol–water partition coefficient (Wildman–Crippen LogP) is 0.687. The third kappa shape index (κ3) is 2.53. The van der Waals surface area contributed by atoms with Crippen LogP contribution in [0.25, 0.3) is 0 Å². The van der Waals surface area contributed by atoms with Crippen molar-refractivity contribution in [2.45, 2.75) is 12.8 Å². The Kier molecular flexibility index (Phi) is 4.07. The standard InChI is InChI=1S/C10H14N2O2/c1-2-14-10(13)9(6-11)8-4-3-5-12-7-8/h3-5,7,9H,2,6,11H2,1H3/t9-/m1/s1. The summed E-state index contributed by atoms with van der Waals surface area (Å²) >= 11 is 0. The molecule has 0 aliphatic carbocycles. The van der Waals surface area contributed by atoms with Crippen molar-refractivity contribution in [2.24, 2.45) is 5.73 Å². The molecule has 0 unspecified atom stereocenters. The molecule has 1 heterocycles. The van der Waals surface area contributed by atoms with Crippen LogP contribution in [-0.4, -0.2) is 24.1 Å². The van der Waals surface area contributed by atoms with Crippen LogP contribution in [0.4, 0.5) is 0 Å². The topological polar surface area (TPSA) is 65.2 Å². The molecule has 0 aromatic carbocycles. The Labute approximate surface area is 83.1 Å². The molecule has 2 N–H and O–H groups in total. The SMILES string of the molecule is CCOC(=O)[C@H](CN)c1cccnc1. The van der Waals surface area contributed by atoms with Gasteiger partial charge in [-0.1, -0.05) is 6.07 Å². The van der Waals surface area contributed by atoms with E-state index in [1.54, 1.807) is 25.4 Å². The van der Waals surface area contributed by atoms with Crippen LogP contribution in [0.15, 0.2) is 24.5 Å². The van der Waals surface area contributed by atoms with Crippen LogP contribution < -0.4 is 5.73 Å². The van der Waals surface area contributed by atoms with E-state index in [9.17, 15) is 4.79 Å². The number of carbonyl (C=O) groups is 1. The highest BCUT2D eigenvalue weighted by atomic mass is 16.5. The Bertz CT molecular complexity index is 287. The minimum Gasteiger partial charge on any atom is -0.465 e. The molecule has 0 amide bonds. The van der Waals surface area contributed by atoms with Crippen LogP contribution in [0.5, 0.6) is 0 Å². The molecular formula is C10H14N2O2. The Balaban J connectivity index is 2.77. The maximum Gasteiger partial charge on any atom is 0.314 e. The summed E-state index contributed by atoms with van der Waals surface area (Å²) in [5.74, 6) is -0.688. The van der Waals surface area contributed by atoms with E-state index in [1.165, 1.54) is 0 Å². The minimum atomic E-state index is -0.399. The summed E-state index contributed by atoms with van der Waals surface area (Å²) in [6.45, 7) is 2.38. The van der Waals surface area contributed by atoms with E-state index in [-0.39, 0.29) is 12.5 Å². The van der Waals surface area contributed by atoms with Crippen LogP contribution in [0, 0.1) is 0 Å². The van der Waals surface area contributed by atoms with Gasteiger partial charge in [-0.2, -0.15) is 0 Å². The zero-order chi connectivity index (χ0) is 10.4. The van der Waals surface area contributed by atoms with Gasteiger partial charge in [0.15, 0.2) is 0 Å². The number of hydrogen-bond donors (Lipinski definition) is 1. The van der Waals surface area contributed by atoms with Gasteiger partial charge in [0.05, 0.1) is 12.5 Å². The highest BCUT2D eigenvalue weighted by molar-refractivity contribution is 5.78. The molecule has 0 aliphatic rings. The molecule has 4 nitrogen and oxygen atoms in total. The first-order chi connectivity index (χ1) is 6.79. The molecule has 1 aromatic rings. The van der Waals surface area contributed by atoms with Gasteiger partial charge in [-0.25, -0.2) is 0 Å². The molecule has 76 valence electrons. The summed E-state index contributed by atoms with van der Waals surface area (Å²) in [5.41, 5.74) is 6.31. The van der Waals surface area contributed by atoms with Gasteiger partial charge < -0.3 is 10.5 Å².